The maximum absolute atomic E-state index is 5.45. The van der Waals surface area contributed by atoms with Crippen molar-refractivity contribution in [2.75, 3.05) is 40.5 Å². The van der Waals surface area contributed by atoms with Crippen molar-refractivity contribution in [1.82, 2.24) is 10.2 Å². The molecule has 0 aromatic carbocycles. The summed E-state index contributed by atoms with van der Waals surface area (Å²) < 4.78 is 10.7. The Hall–Kier alpha value is -1.10. The number of ether oxygens (including phenoxy) is 2. The largest absolute Gasteiger partial charge is 0.385 e. The second-order valence-corrected chi connectivity index (χ2v) is 8.40. The van der Waals surface area contributed by atoms with E-state index in [1.54, 1.807) is 7.11 Å². The Bertz CT molecular complexity index is 567. The molecule has 1 aliphatic carbocycles. The molecule has 2 aliphatic heterocycles. The summed E-state index contributed by atoms with van der Waals surface area (Å²) in [4.78, 5) is 2.73. The van der Waals surface area contributed by atoms with Crippen molar-refractivity contribution in [3.8, 4) is 0 Å². The molecule has 0 aromatic heterocycles. The first-order valence-corrected chi connectivity index (χ1v) is 11.1. The van der Waals surface area contributed by atoms with Crippen molar-refractivity contribution in [3.63, 3.8) is 0 Å². The van der Waals surface area contributed by atoms with Gasteiger partial charge in [-0.25, -0.2) is 0 Å². The zero-order valence-electron chi connectivity index (χ0n) is 19.0. The normalized spacial score (nSPS) is 29.4. The van der Waals surface area contributed by atoms with Crippen LogP contribution in [0.5, 0.6) is 0 Å². The molecule has 1 N–H and O–H groups in total. The SMILES string of the molecule is CC/C=C/N/C(=C(C)\C(C)=C\COC)C1C[C@@H]2CC(CCOC)C1N(CC)C2. The van der Waals surface area contributed by atoms with Crippen molar-refractivity contribution in [2.45, 2.75) is 59.4 Å². The van der Waals surface area contributed by atoms with Gasteiger partial charge in [0.2, 0.25) is 0 Å². The highest BCUT2D eigenvalue weighted by Gasteiger charge is 2.47. The molecule has 3 unspecified atom stereocenters. The Morgan fingerprint density at radius 1 is 1.14 bits per heavy atom. The minimum atomic E-state index is 0.557. The van der Waals surface area contributed by atoms with Crippen LogP contribution in [0.2, 0.25) is 0 Å². The van der Waals surface area contributed by atoms with Gasteiger partial charge in [0.1, 0.15) is 0 Å². The van der Waals surface area contributed by atoms with E-state index < -0.39 is 0 Å². The maximum Gasteiger partial charge on any atom is 0.0649 e. The second-order valence-electron chi connectivity index (χ2n) is 8.40. The van der Waals surface area contributed by atoms with Gasteiger partial charge < -0.3 is 14.8 Å². The van der Waals surface area contributed by atoms with E-state index in [4.69, 9.17) is 9.47 Å². The third-order valence-corrected chi connectivity index (χ3v) is 6.65. The third-order valence-electron chi connectivity index (χ3n) is 6.65. The summed E-state index contributed by atoms with van der Waals surface area (Å²) in [5.41, 5.74) is 4.09. The highest BCUT2D eigenvalue weighted by atomic mass is 16.5. The zero-order chi connectivity index (χ0) is 20.5. The lowest BCUT2D eigenvalue weighted by Gasteiger charge is -2.55. The molecule has 0 radical (unpaired) electrons. The average molecular weight is 391 g/mol. The fraction of sp³-hybridized carbons (Fsp3) is 0.750. The first kappa shape index (κ1) is 23.2. The number of hydrogen-bond acceptors (Lipinski definition) is 4. The molecule has 28 heavy (non-hydrogen) atoms. The number of fused-ring (bicyclic) bond motifs is 3. The van der Waals surface area contributed by atoms with E-state index in [9.17, 15) is 0 Å². The van der Waals surface area contributed by atoms with Crippen LogP contribution in [0.3, 0.4) is 0 Å². The summed E-state index contributed by atoms with van der Waals surface area (Å²) in [5.74, 6) is 2.07. The summed E-state index contributed by atoms with van der Waals surface area (Å²) in [6.07, 6.45) is 11.4. The van der Waals surface area contributed by atoms with E-state index in [0.29, 0.717) is 18.6 Å². The summed E-state index contributed by atoms with van der Waals surface area (Å²) in [5, 5.41) is 3.71. The van der Waals surface area contributed by atoms with Crippen molar-refractivity contribution >= 4 is 0 Å². The van der Waals surface area contributed by atoms with Crippen LogP contribution in [-0.4, -0.2) is 51.5 Å². The minimum absolute atomic E-state index is 0.557. The van der Waals surface area contributed by atoms with E-state index in [2.05, 4.69) is 56.3 Å². The average Bonchev–Trinajstić information content (AvgIpc) is 2.72. The summed E-state index contributed by atoms with van der Waals surface area (Å²) in [7, 11) is 3.58. The topological polar surface area (TPSA) is 33.7 Å². The van der Waals surface area contributed by atoms with Gasteiger partial charge in [0.25, 0.3) is 0 Å². The molecular formula is C24H42N2O2. The van der Waals surface area contributed by atoms with Crippen LogP contribution in [0.15, 0.2) is 35.2 Å². The van der Waals surface area contributed by atoms with E-state index in [1.165, 1.54) is 42.7 Å². The fourth-order valence-corrected chi connectivity index (χ4v) is 5.17. The molecule has 3 aliphatic rings. The molecule has 4 heteroatoms. The molecule has 0 amide bonds. The van der Waals surface area contributed by atoms with Gasteiger partial charge in [-0.1, -0.05) is 26.0 Å². The molecule has 3 fully saturated rings. The molecule has 2 saturated heterocycles. The lowest BCUT2D eigenvalue weighted by atomic mass is 9.64. The Morgan fingerprint density at radius 3 is 2.57 bits per heavy atom. The quantitative estimate of drug-likeness (QED) is 0.516. The molecule has 1 saturated carbocycles. The Kier molecular flexibility index (Phi) is 9.76. The molecule has 160 valence electrons. The fourth-order valence-electron chi connectivity index (χ4n) is 5.17. The van der Waals surface area contributed by atoms with Gasteiger partial charge in [-0.05, 0) is 75.3 Å². The maximum atomic E-state index is 5.45. The van der Waals surface area contributed by atoms with Crippen molar-refractivity contribution in [1.29, 1.82) is 0 Å². The monoisotopic (exact) mass is 390 g/mol. The highest BCUT2D eigenvalue weighted by Crippen LogP contribution is 2.47. The predicted molar refractivity (Wildman–Crippen MR) is 118 cm³/mol. The number of hydrogen-bond donors (Lipinski definition) is 1. The van der Waals surface area contributed by atoms with Crippen LogP contribution < -0.4 is 5.32 Å². The van der Waals surface area contributed by atoms with Crippen molar-refractivity contribution < 1.29 is 9.47 Å². The van der Waals surface area contributed by atoms with Gasteiger partial charge in [0, 0.05) is 45.0 Å². The van der Waals surface area contributed by atoms with E-state index in [0.717, 1.165) is 31.4 Å². The van der Waals surface area contributed by atoms with Crippen LogP contribution in [-0.2, 0) is 9.47 Å². The first-order valence-electron chi connectivity index (χ1n) is 11.1. The number of nitrogens with one attached hydrogen (secondary N) is 1. The van der Waals surface area contributed by atoms with Crippen molar-refractivity contribution in [3.05, 3.63) is 35.2 Å². The van der Waals surface area contributed by atoms with E-state index >= 15 is 0 Å². The van der Waals surface area contributed by atoms with Crippen LogP contribution in [0.25, 0.3) is 0 Å². The summed E-state index contributed by atoms with van der Waals surface area (Å²) >= 11 is 0. The smallest absolute Gasteiger partial charge is 0.0649 e. The van der Waals surface area contributed by atoms with Crippen molar-refractivity contribution in [2.24, 2.45) is 17.8 Å². The molecule has 4 nitrogen and oxygen atoms in total. The van der Waals surface area contributed by atoms with Crippen LogP contribution in [0, 0.1) is 17.8 Å². The first-order chi connectivity index (χ1) is 13.6. The van der Waals surface area contributed by atoms with Gasteiger partial charge in [-0.15, -0.1) is 0 Å². The predicted octanol–water partition coefficient (Wildman–Crippen LogP) is 4.75. The highest BCUT2D eigenvalue weighted by molar-refractivity contribution is 5.35. The Morgan fingerprint density at radius 2 is 1.93 bits per heavy atom. The number of nitrogens with zero attached hydrogens (tertiary/aromatic N) is 1. The molecular weight excluding hydrogens is 348 g/mol. The summed E-state index contributed by atoms with van der Waals surface area (Å²) in [6.45, 7) is 12.9. The number of rotatable bonds is 11. The van der Waals surface area contributed by atoms with Gasteiger partial charge in [-0.2, -0.15) is 0 Å². The summed E-state index contributed by atoms with van der Waals surface area (Å²) in [6, 6.07) is 0.604. The Labute approximate surface area is 173 Å². The second kappa shape index (κ2) is 11.8. The van der Waals surface area contributed by atoms with Gasteiger partial charge >= 0.3 is 0 Å². The Balaban J connectivity index is 2.38. The van der Waals surface area contributed by atoms with Gasteiger partial charge in [0.05, 0.1) is 6.61 Å². The number of piperidine rings is 2. The lowest BCUT2D eigenvalue weighted by molar-refractivity contribution is -0.0378. The molecule has 2 bridgehead atoms. The van der Waals surface area contributed by atoms with Crippen LogP contribution in [0.1, 0.15) is 53.4 Å². The minimum Gasteiger partial charge on any atom is -0.385 e. The molecule has 2 heterocycles. The lowest BCUT2D eigenvalue weighted by Crippen LogP contribution is -2.58. The molecule has 0 spiro atoms. The molecule has 3 rings (SSSR count). The zero-order valence-corrected chi connectivity index (χ0v) is 19.0. The standard InChI is InChI=1S/C24H42N2O2/c1-7-9-12-25-23(19(4)18(3)10-13-27-5)22-16-20-15-21(11-14-28-6)24(22)26(8-2)17-20/h9-10,12,20-22,24-25H,7-8,11,13-17H2,1-6H3/b12-9+,18-10+,23-19-/t20-,21?,22?,24?/m0/s1. The number of allylic oxidation sites excluding steroid dienone is 3. The molecule has 4 atom stereocenters. The van der Waals surface area contributed by atoms with E-state index in [1.807, 2.05) is 7.11 Å². The number of methoxy groups -OCH3 is 2. The third kappa shape index (κ3) is 5.71. The van der Waals surface area contributed by atoms with Gasteiger partial charge in [0.15, 0.2) is 0 Å². The van der Waals surface area contributed by atoms with Gasteiger partial charge in [-0.3, -0.25) is 4.90 Å². The van der Waals surface area contributed by atoms with E-state index in [-0.39, 0.29) is 0 Å². The van der Waals surface area contributed by atoms with Crippen LogP contribution >= 0.6 is 0 Å². The van der Waals surface area contributed by atoms with Crippen LogP contribution in [0.4, 0.5) is 0 Å². The molecule has 0 aromatic rings.